The summed E-state index contributed by atoms with van der Waals surface area (Å²) < 4.78 is 74.6. The molecule has 31 heavy (non-hydrogen) atoms. The van der Waals surface area contributed by atoms with E-state index >= 15 is 8.78 Å². The number of nitrogens with one attached hydrogen (secondary N) is 1. The van der Waals surface area contributed by atoms with E-state index in [9.17, 15) is 18.0 Å². The summed E-state index contributed by atoms with van der Waals surface area (Å²) in [6.45, 7) is 5.41. The summed E-state index contributed by atoms with van der Waals surface area (Å²) in [7, 11) is 0. The van der Waals surface area contributed by atoms with Crippen LogP contribution in [0.2, 0.25) is 5.02 Å². The Balaban J connectivity index is 2.08. The van der Waals surface area contributed by atoms with Crippen LogP contribution in [0.4, 0.5) is 27.8 Å². The number of carbonyl (C=O) groups excluding carboxylic acids is 1. The zero-order chi connectivity index (χ0) is 23.4. The van der Waals surface area contributed by atoms with Crippen LogP contribution >= 0.6 is 11.6 Å². The van der Waals surface area contributed by atoms with Gasteiger partial charge in [-0.1, -0.05) is 11.6 Å². The maximum Gasteiger partial charge on any atom is 0.391 e. The summed E-state index contributed by atoms with van der Waals surface area (Å²) in [5.74, 6) is -4.46. The van der Waals surface area contributed by atoms with Gasteiger partial charge in [-0.25, -0.2) is 9.78 Å². The van der Waals surface area contributed by atoms with Crippen molar-refractivity contribution in [3.8, 4) is 11.3 Å². The van der Waals surface area contributed by atoms with Crippen LogP contribution in [0.5, 0.6) is 0 Å². The minimum Gasteiger partial charge on any atom is -0.461 e. The molecule has 1 aliphatic rings. The van der Waals surface area contributed by atoms with Crippen LogP contribution in [0.3, 0.4) is 0 Å². The lowest BCUT2D eigenvalue weighted by molar-refractivity contribution is -0.142. The number of alkyl halides is 5. The van der Waals surface area contributed by atoms with E-state index in [1.54, 1.807) is 6.92 Å². The van der Waals surface area contributed by atoms with E-state index in [1.807, 2.05) is 0 Å². The third-order valence-corrected chi connectivity index (χ3v) is 5.20. The van der Waals surface area contributed by atoms with Gasteiger partial charge in [0.05, 0.1) is 18.7 Å². The molecule has 1 atom stereocenters. The highest BCUT2D eigenvalue weighted by molar-refractivity contribution is 6.36. The number of rotatable bonds is 5. The molecule has 1 aliphatic heterocycles. The van der Waals surface area contributed by atoms with Crippen molar-refractivity contribution in [3.63, 3.8) is 0 Å². The van der Waals surface area contributed by atoms with Gasteiger partial charge < -0.3 is 10.1 Å². The molecule has 1 N–H and O–H groups in total. The van der Waals surface area contributed by atoms with Crippen molar-refractivity contribution in [1.29, 1.82) is 0 Å². The number of halogens is 6. The quantitative estimate of drug-likeness (QED) is 0.460. The Kier molecular flexibility index (Phi) is 5.71. The van der Waals surface area contributed by atoms with E-state index in [0.717, 1.165) is 16.9 Å². The Labute approximate surface area is 179 Å². The maximum atomic E-state index is 15.2. The normalized spacial score (nSPS) is 17.7. The Morgan fingerprint density at radius 3 is 2.58 bits per heavy atom. The minimum atomic E-state index is -4.45. The Bertz CT molecular complexity index is 1020. The van der Waals surface area contributed by atoms with Crippen LogP contribution in [-0.2, 0) is 10.7 Å². The fourth-order valence-electron chi connectivity index (χ4n) is 3.52. The molecular formula is C19H20ClF5N4O2. The van der Waals surface area contributed by atoms with E-state index in [-0.39, 0.29) is 34.4 Å². The molecule has 0 radical (unpaired) electrons. The molecule has 0 amide bonds. The van der Waals surface area contributed by atoms with Crippen molar-refractivity contribution in [2.75, 3.05) is 11.9 Å². The van der Waals surface area contributed by atoms with Gasteiger partial charge in [-0.05, 0) is 33.8 Å². The Morgan fingerprint density at radius 1 is 1.35 bits per heavy atom. The maximum absolute atomic E-state index is 15.2. The van der Waals surface area contributed by atoms with Gasteiger partial charge in [-0.3, -0.25) is 4.68 Å². The SMILES string of the molecule is CCOC(=O)c1nn2c(c1Cl)-c1cnc(NC(C)(C)CC(F)(F)F)cc1C(F)(F)C2C. The van der Waals surface area contributed by atoms with Crippen molar-refractivity contribution in [2.24, 2.45) is 0 Å². The number of aromatic nitrogens is 3. The van der Waals surface area contributed by atoms with E-state index in [1.165, 1.54) is 20.8 Å². The van der Waals surface area contributed by atoms with Crippen LogP contribution in [0, 0.1) is 0 Å². The second-order valence-electron chi connectivity index (χ2n) is 7.89. The lowest BCUT2D eigenvalue weighted by Crippen LogP contribution is -2.37. The number of pyridine rings is 1. The van der Waals surface area contributed by atoms with E-state index in [0.29, 0.717) is 0 Å². The Morgan fingerprint density at radius 2 is 2.00 bits per heavy atom. The van der Waals surface area contributed by atoms with E-state index in [4.69, 9.17) is 16.3 Å². The second-order valence-corrected chi connectivity index (χ2v) is 8.27. The first-order valence-electron chi connectivity index (χ1n) is 9.36. The molecule has 0 spiro atoms. The summed E-state index contributed by atoms with van der Waals surface area (Å²) in [5, 5.41) is 6.33. The van der Waals surface area contributed by atoms with Gasteiger partial charge >= 0.3 is 12.1 Å². The monoisotopic (exact) mass is 466 g/mol. The molecule has 12 heteroatoms. The summed E-state index contributed by atoms with van der Waals surface area (Å²) in [6.07, 6.45) is -4.56. The first-order chi connectivity index (χ1) is 14.2. The lowest BCUT2D eigenvalue weighted by Gasteiger charge is -2.33. The van der Waals surface area contributed by atoms with Gasteiger partial charge in [-0.15, -0.1) is 0 Å². The molecule has 1 unspecified atom stereocenters. The molecule has 170 valence electrons. The summed E-state index contributed by atoms with van der Waals surface area (Å²) in [4.78, 5) is 16.1. The van der Waals surface area contributed by atoms with Crippen LogP contribution in [-0.4, -0.2) is 39.1 Å². The third kappa shape index (κ3) is 4.32. The molecule has 0 fully saturated rings. The van der Waals surface area contributed by atoms with Gasteiger partial charge in [0, 0.05) is 22.9 Å². The number of ether oxygens (including phenoxy) is 1. The lowest BCUT2D eigenvalue weighted by atomic mass is 9.92. The second kappa shape index (κ2) is 7.61. The topological polar surface area (TPSA) is 69.0 Å². The molecule has 0 bridgehead atoms. The van der Waals surface area contributed by atoms with Gasteiger partial charge in [0.2, 0.25) is 0 Å². The Hall–Kier alpha value is -2.43. The van der Waals surface area contributed by atoms with E-state index < -0.39 is 41.6 Å². The molecule has 0 saturated carbocycles. The molecule has 0 aliphatic carbocycles. The molecule has 3 rings (SSSR count). The highest BCUT2D eigenvalue weighted by Crippen LogP contribution is 2.51. The molecule has 2 aromatic heterocycles. The number of fused-ring (bicyclic) bond motifs is 3. The van der Waals surface area contributed by atoms with Crippen molar-refractivity contribution in [2.45, 2.75) is 57.8 Å². The minimum absolute atomic E-state index is 0.0456. The summed E-state index contributed by atoms with van der Waals surface area (Å²) in [6, 6.07) is -0.519. The molecule has 0 saturated heterocycles. The molecule has 0 aromatic carbocycles. The van der Waals surface area contributed by atoms with Gasteiger partial charge in [-0.2, -0.15) is 27.1 Å². The number of carbonyl (C=O) groups is 1. The predicted octanol–water partition coefficient (Wildman–Crippen LogP) is 5.58. The number of hydrogen-bond donors (Lipinski definition) is 1. The number of hydrogen-bond acceptors (Lipinski definition) is 5. The molecule has 6 nitrogen and oxygen atoms in total. The average Bonchev–Trinajstić information content (AvgIpc) is 2.95. The van der Waals surface area contributed by atoms with Crippen molar-refractivity contribution in [3.05, 3.63) is 28.5 Å². The molecule has 2 aromatic rings. The smallest absolute Gasteiger partial charge is 0.391 e. The predicted molar refractivity (Wildman–Crippen MR) is 103 cm³/mol. The third-order valence-electron chi connectivity index (χ3n) is 4.84. The summed E-state index contributed by atoms with van der Waals surface area (Å²) >= 11 is 6.28. The van der Waals surface area contributed by atoms with Gasteiger partial charge in [0.1, 0.15) is 16.9 Å². The van der Waals surface area contributed by atoms with Crippen LogP contribution in [0.1, 0.15) is 56.2 Å². The number of esters is 1. The van der Waals surface area contributed by atoms with E-state index in [2.05, 4.69) is 15.4 Å². The first kappa shape index (κ1) is 23.2. The van der Waals surface area contributed by atoms with Gasteiger partial charge in [0.25, 0.3) is 5.92 Å². The van der Waals surface area contributed by atoms with Gasteiger partial charge in [0.15, 0.2) is 5.69 Å². The van der Waals surface area contributed by atoms with Crippen LogP contribution in [0.25, 0.3) is 11.3 Å². The fourth-order valence-corrected chi connectivity index (χ4v) is 3.83. The van der Waals surface area contributed by atoms with Crippen molar-refractivity contribution >= 4 is 23.4 Å². The zero-order valence-corrected chi connectivity index (χ0v) is 17.8. The molecule has 3 heterocycles. The highest BCUT2D eigenvalue weighted by Gasteiger charge is 2.49. The zero-order valence-electron chi connectivity index (χ0n) is 17.1. The fraction of sp³-hybridized carbons (Fsp3) is 0.526. The number of nitrogens with zero attached hydrogens (tertiary/aromatic N) is 3. The highest BCUT2D eigenvalue weighted by atomic mass is 35.5. The molecular weight excluding hydrogens is 447 g/mol. The standard InChI is InChI=1S/C19H20ClF5N4O2/c1-5-31-16(30)14-13(20)15-10-7-26-12(27-17(3,4)8-18(21,22)23)6-11(10)19(24,25)9(2)29(15)28-14/h6-7,9H,5,8H2,1-4H3,(H,26,27). The summed E-state index contributed by atoms with van der Waals surface area (Å²) in [5.41, 5.74) is -2.28. The van der Waals surface area contributed by atoms with Crippen LogP contribution < -0.4 is 5.32 Å². The van der Waals surface area contributed by atoms with Crippen molar-refractivity contribution < 1.29 is 31.5 Å². The van der Waals surface area contributed by atoms with Crippen LogP contribution in [0.15, 0.2) is 12.3 Å². The average molecular weight is 467 g/mol. The number of anilines is 1. The largest absolute Gasteiger partial charge is 0.461 e. The first-order valence-corrected chi connectivity index (χ1v) is 9.74. The van der Waals surface area contributed by atoms with Crippen molar-refractivity contribution in [1.82, 2.24) is 14.8 Å².